The molecule has 0 spiro atoms. The topological polar surface area (TPSA) is 3.24 Å². The Balaban J connectivity index is 2.54. The number of unbranched alkanes of at least 4 members (excludes halogenated alkanes) is 2. The molecule has 1 aromatic carbocycles. The third kappa shape index (κ3) is 5.69. The van der Waals surface area contributed by atoms with Gasteiger partial charge in [0.1, 0.15) is 0 Å². The minimum atomic E-state index is 0.617. The molecule has 0 aliphatic rings. The molecule has 96 valence electrons. The molecule has 0 unspecified atom stereocenters. The Bertz CT molecular complexity index is 322. The number of hydrogen-bond donors (Lipinski definition) is 0. The molecule has 0 bridgehead atoms. The Labute approximate surface area is 114 Å². The van der Waals surface area contributed by atoms with E-state index in [0.717, 1.165) is 6.54 Å². The molecule has 0 aliphatic heterocycles. The highest BCUT2D eigenvalue weighted by Gasteiger charge is 2.09. The van der Waals surface area contributed by atoms with Gasteiger partial charge in [-0.2, -0.15) is 0 Å². The second kappa shape index (κ2) is 7.88. The predicted molar refractivity (Wildman–Crippen MR) is 79.2 cm³/mol. The van der Waals surface area contributed by atoms with E-state index < -0.39 is 0 Å². The van der Waals surface area contributed by atoms with E-state index in [1.807, 2.05) is 0 Å². The summed E-state index contributed by atoms with van der Waals surface area (Å²) in [6.45, 7) is 9.08. The first kappa shape index (κ1) is 14.7. The van der Waals surface area contributed by atoms with Crippen molar-refractivity contribution in [1.29, 1.82) is 0 Å². The van der Waals surface area contributed by atoms with Gasteiger partial charge in [0.25, 0.3) is 0 Å². The third-order valence-corrected chi connectivity index (χ3v) is 3.55. The fourth-order valence-electron chi connectivity index (χ4n) is 1.95. The van der Waals surface area contributed by atoms with Gasteiger partial charge >= 0.3 is 0 Å². The van der Waals surface area contributed by atoms with Crippen LogP contribution < -0.4 is 0 Å². The van der Waals surface area contributed by atoms with Crippen molar-refractivity contribution in [2.45, 2.75) is 52.6 Å². The summed E-state index contributed by atoms with van der Waals surface area (Å²) in [5.74, 6) is 0. The lowest BCUT2D eigenvalue weighted by Gasteiger charge is -2.26. The lowest BCUT2D eigenvalue weighted by molar-refractivity contribution is 0.208. The molecule has 0 saturated heterocycles. The number of rotatable bonds is 7. The Hall–Kier alpha value is -0.340. The summed E-state index contributed by atoms with van der Waals surface area (Å²) in [6.07, 6.45) is 3.94. The smallest absolute Gasteiger partial charge is 0.0236 e. The van der Waals surface area contributed by atoms with Crippen LogP contribution in [0.2, 0.25) is 0 Å². The number of benzene rings is 1. The molecule has 2 heteroatoms. The van der Waals surface area contributed by atoms with Crippen molar-refractivity contribution < 1.29 is 0 Å². The van der Waals surface area contributed by atoms with Gasteiger partial charge in [0, 0.05) is 17.1 Å². The maximum atomic E-state index is 3.53. The molecule has 0 aromatic heterocycles. The van der Waals surface area contributed by atoms with E-state index in [9.17, 15) is 0 Å². The Morgan fingerprint density at radius 2 is 2.00 bits per heavy atom. The van der Waals surface area contributed by atoms with Crippen LogP contribution in [0.4, 0.5) is 0 Å². The fraction of sp³-hybridized carbons (Fsp3) is 0.600. The van der Waals surface area contributed by atoms with E-state index in [-0.39, 0.29) is 0 Å². The van der Waals surface area contributed by atoms with Crippen LogP contribution in [-0.2, 0) is 6.54 Å². The molecule has 0 heterocycles. The summed E-state index contributed by atoms with van der Waals surface area (Å²) in [5.41, 5.74) is 1.39. The standard InChI is InChI=1S/C15H24BrN/c1-4-5-6-10-17(13(2)3)12-14-8-7-9-15(16)11-14/h7-9,11,13H,4-6,10,12H2,1-3H3. The lowest BCUT2D eigenvalue weighted by atomic mass is 10.1. The van der Waals surface area contributed by atoms with Crippen LogP contribution in [0, 0.1) is 0 Å². The fourth-order valence-corrected chi connectivity index (χ4v) is 2.40. The van der Waals surface area contributed by atoms with Crippen LogP contribution in [0.25, 0.3) is 0 Å². The van der Waals surface area contributed by atoms with Crippen LogP contribution in [-0.4, -0.2) is 17.5 Å². The molecule has 0 radical (unpaired) electrons. The third-order valence-electron chi connectivity index (χ3n) is 3.05. The number of halogens is 1. The maximum Gasteiger partial charge on any atom is 0.0236 e. The Morgan fingerprint density at radius 3 is 2.59 bits per heavy atom. The molecule has 0 aliphatic carbocycles. The second-order valence-corrected chi connectivity index (χ2v) is 5.82. The second-order valence-electron chi connectivity index (χ2n) is 4.90. The number of nitrogens with zero attached hydrogens (tertiary/aromatic N) is 1. The summed E-state index contributed by atoms with van der Waals surface area (Å²) >= 11 is 3.53. The zero-order valence-electron chi connectivity index (χ0n) is 11.2. The zero-order chi connectivity index (χ0) is 12.7. The minimum Gasteiger partial charge on any atom is -0.297 e. The van der Waals surface area contributed by atoms with Gasteiger partial charge in [-0.05, 0) is 44.5 Å². The highest BCUT2D eigenvalue weighted by molar-refractivity contribution is 9.10. The summed E-state index contributed by atoms with van der Waals surface area (Å²) in [5, 5.41) is 0. The van der Waals surface area contributed by atoms with Crippen molar-refractivity contribution in [2.75, 3.05) is 6.54 Å². The summed E-state index contributed by atoms with van der Waals surface area (Å²) in [7, 11) is 0. The average molecular weight is 298 g/mol. The average Bonchev–Trinajstić information content (AvgIpc) is 2.28. The van der Waals surface area contributed by atoms with Gasteiger partial charge in [0.2, 0.25) is 0 Å². The van der Waals surface area contributed by atoms with Gasteiger partial charge in [-0.15, -0.1) is 0 Å². The van der Waals surface area contributed by atoms with Crippen molar-refractivity contribution in [3.63, 3.8) is 0 Å². The van der Waals surface area contributed by atoms with Gasteiger partial charge in [-0.3, -0.25) is 4.90 Å². The van der Waals surface area contributed by atoms with E-state index in [1.165, 1.54) is 35.8 Å². The SMILES string of the molecule is CCCCCN(Cc1cccc(Br)c1)C(C)C. The van der Waals surface area contributed by atoms with E-state index in [2.05, 4.69) is 65.9 Å². The summed E-state index contributed by atoms with van der Waals surface area (Å²) in [6, 6.07) is 9.24. The molecule has 1 nitrogen and oxygen atoms in total. The van der Waals surface area contributed by atoms with E-state index in [0.29, 0.717) is 6.04 Å². The maximum absolute atomic E-state index is 3.53. The van der Waals surface area contributed by atoms with Gasteiger partial charge in [0.15, 0.2) is 0 Å². The first-order chi connectivity index (χ1) is 8.13. The van der Waals surface area contributed by atoms with Gasteiger partial charge in [0.05, 0.1) is 0 Å². The summed E-state index contributed by atoms with van der Waals surface area (Å²) in [4.78, 5) is 2.55. The molecule has 0 N–H and O–H groups in total. The van der Waals surface area contributed by atoms with Crippen LogP contribution >= 0.6 is 15.9 Å². The van der Waals surface area contributed by atoms with Crippen molar-refractivity contribution in [2.24, 2.45) is 0 Å². The van der Waals surface area contributed by atoms with E-state index >= 15 is 0 Å². The molecule has 1 rings (SSSR count). The Kier molecular flexibility index (Phi) is 6.83. The van der Waals surface area contributed by atoms with E-state index in [4.69, 9.17) is 0 Å². The largest absolute Gasteiger partial charge is 0.297 e. The highest BCUT2D eigenvalue weighted by atomic mass is 79.9. The first-order valence-corrected chi connectivity index (χ1v) is 7.41. The van der Waals surface area contributed by atoms with Gasteiger partial charge in [-0.1, -0.05) is 47.8 Å². The molecule has 0 saturated carbocycles. The van der Waals surface area contributed by atoms with Crippen molar-refractivity contribution in [3.8, 4) is 0 Å². The highest BCUT2D eigenvalue weighted by Crippen LogP contribution is 2.15. The normalized spacial score (nSPS) is 11.4. The molecular weight excluding hydrogens is 274 g/mol. The van der Waals surface area contributed by atoms with Crippen molar-refractivity contribution in [3.05, 3.63) is 34.3 Å². The van der Waals surface area contributed by atoms with Crippen LogP contribution in [0.15, 0.2) is 28.7 Å². The minimum absolute atomic E-state index is 0.617. The molecule has 0 amide bonds. The first-order valence-electron chi connectivity index (χ1n) is 6.62. The zero-order valence-corrected chi connectivity index (χ0v) is 12.8. The van der Waals surface area contributed by atoms with Crippen LogP contribution in [0.5, 0.6) is 0 Å². The van der Waals surface area contributed by atoms with Gasteiger partial charge in [-0.25, -0.2) is 0 Å². The summed E-state index contributed by atoms with van der Waals surface area (Å²) < 4.78 is 1.17. The number of hydrogen-bond acceptors (Lipinski definition) is 1. The molecule has 17 heavy (non-hydrogen) atoms. The van der Waals surface area contributed by atoms with Gasteiger partial charge < -0.3 is 0 Å². The van der Waals surface area contributed by atoms with Crippen molar-refractivity contribution in [1.82, 2.24) is 4.90 Å². The molecule has 0 fully saturated rings. The monoisotopic (exact) mass is 297 g/mol. The predicted octanol–water partition coefficient (Wildman–Crippen LogP) is 4.85. The molecular formula is C15H24BrN. The Morgan fingerprint density at radius 1 is 1.24 bits per heavy atom. The van der Waals surface area contributed by atoms with Crippen LogP contribution in [0.3, 0.4) is 0 Å². The van der Waals surface area contributed by atoms with Crippen LogP contribution in [0.1, 0.15) is 45.6 Å². The van der Waals surface area contributed by atoms with Crippen molar-refractivity contribution >= 4 is 15.9 Å². The van der Waals surface area contributed by atoms with E-state index in [1.54, 1.807) is 0 Å². The lowest BCUT2D eigenvalue weighted by Crippen LogP contribution is -2.31. The molecule has 1 aromatic rings. The quantitative estimate of drug-likeness (QED) is 0.650. The molecule has 0 atom stereocenters.